The minimum absolute atomic E-state index is 0.198. The topological polar surface area (TPSA) is 89.7 Å². The van der Waals surface area contributed by atoms with Gasteiger partial charge in [0.25, 0.3) is 0 Å². The molecule has 0 spiro atoms. The van der Waals surface area contributed by atoms with Crippen molar-refractivity contribution in [2.75, 3.05) is 6.61 Å². The summed E-state index contributed by atoms with van der Waals surface area (Å²) in [4.78, 5) is 20.0. The van der Waals surface area contributed by atoms with E-state index >= 15 is 0 Å². The van der Waals surface area contributed by atoms with Crippen molar-refractivity contribution < 1.29 is 24.0 Å². The van der Waals surface area contributed by atoms with Crippen LogP contribution in [0.3, 0.4) is 0 Å². The second-order valence-electron chi connectivity index (χ2n) is 2.92. The molecule has 1 aromatic carbocycles. The number of nitro groups is 1. The second kappa shape index (κ2) is 5.59. The van der Waals surface area contributed by atoms with Gasteiger partial charge in [-0.05, 0) is 12.1 Å². The molecule has 1 rings (SSSR count). The lowest BCUT2D eigenvalue weighted by molar-refractivity contribution is -0.385. The third-order valence-electron chi connectivity index (χ3n) is 1.71. The lowest BCUT2D eigenvalue weighted by Crippen LogP contribution is -1.99. The van der Waals surface area contributed by atoms with E-state index in [1.165, 1.54) is 0 Å². The van der Waals surface area contributed by atoms with Gasteiger partial charge in [-0.15, -0.1) is 0 Å². The first-order valence-electron chi connectivity index (χ1n) is 4.47. The van der Waals surface area contributed by atoms with Gasteiger partial charge < -0.3 is 9.84 Å². The summed E-state index contributed by atoms with van der Waals surface area (Å²) in [5.41, 5.74) is -0.380. The van der Waals surface area contributed by atoms with E-state index in [4.69, 9.17) is 9.84 Å². The van der Waals surface area contributed by atoms with E-state index in [0.717, 1.165) is 30.4 Å². The van der Waals surface area contributed by atoms with Crippen LogP contribution in [0.1, 0.15) is 0 Å². The molecule has 7 heteroatoms. The number of aliphatic carboxylic acids is 1. The van der Waals surface area contributed by atoms with Gasteiger partial charge in [0.15, 0.2) is 5.75 Å². The summed E-state index contributed by atoms with van der Waals surface area (Å²) < 4.78 is 17.7. The molecule has 0 fully saturated rings. The van der Waals surface area contributed by atoms with Crippen molar-refractivity contribution >= 4 is 11.7 Å². The molecule has 0 unspecified atom stereocenters. The molecule has 17 heavy (non-hydrogen) atoms. The molecule has 0 aromatic heterocycles. The lowest BCUT2D eigenvalue weighted by atomic mass is 10.3. The maximum Gasteiger partial charge on any atom is 0.328 e. The van der Waals surface area contributed by atoms with Gasteiger partial charge in [0.05, 0.1) is 4.92 Å². The molecule has 0 atom stereocenters. The average Bonchev–Trinajstić information content (AvgIpc) is 2.23. The highest BCUT2D eigenvalue weighted by Gasteiger charge is 2.15. The van der Waals surface area contributed by atoms with Crippen molar-refractivity contribution in [3.63, 3.8) is 0 Å². The molecule has 0 amide bonds. The number of benzene rings is 1. The molecule has 90 valence electrons. The van der Waals surface area contributed by atoms with Gasteiger partial charge in [-0.25, -0.2) is 9.18 Å². The van der Waals surface area contributed by atoms with E-state index in [9.17, 15) is 19.3 Å². The highest BCUT2D eigenvalue weighted by atomic mass is 19.1. The van der Waals surface area contributed by atoms with Crippen molar-refractivity contribution in [3.05, 3.63) is 46.3 Å². The normalized spacial score (nSPS) is 10.4. The Kier molecular flexibility index (Phi) is 4.15. The number of hydrogen-bond acceptors (Lipinski definition) is 4. The Hall–Kier alpha value is -2.44. The highest BCUT2D eigenvalue weighted by Crippen LogP contribution is 2.27. The maximum absolute atomic E-state index is 12.8. The predicted octanol–water partition coefficient (Wildman–Crippen LogP) is 1.75. The van der Waals surface area contributed by atoms with Crippen molar-refractivity contribution in [2.24, 2.45) is 0 Å². The number of rotatable bonds is 5. The first kappa shape index (κ1) is 12.6. The largest absolute Gasteiger partial charge is 0.482 e. The molecule has 0 radical (unpaired) electrons. The number of carboxylic acids is 1. The number of ether oxygens (including phenoxy) is 1. The van der Waals surface area contributed by atoms with E-state index in [-0.39, 0.29) is 18.0 Å². The molecule has 0 aliphatic carbocycles. The maximum atomic E-state index is 12.8. The van der Waals surface area contributed by atoms with Crippen molar-refractivity contribution in [3.8, 4) is 5.75 Å². The minimum atomic E-state index is -1.16. The Bertz CT molecular complexity index is 472. The van der Waals surface area contributed by atoms with Crippen LogP contribution >= 0.6 is 0 Å². The zero-order valence-corrected chi connectivity index (χ0v) is 8.50. The number of carboxylic acid groups (broad SMARTS) is 1. The SMILES string of the molecule is O=C(O)/C=C/COc1cc(F)ccc1[N+](=O)[O-]. The molecule has 0 aliphatic heterocycles. The molecule has 0 bridgehead atoms. The lowest BCUT2D eigenvalue weighted by Gasteiger charge is -2.03. The summed E-state index contributed by atoms with van der Waals surface area (Å²) in [7, 11) is 0. The van der Waals surface area contributed by atoms with Gasteiger partial charge in [-0.3, -0.25) is 10.1 Å². The molecule has 0 saturated heterocycles. The molecule has 1 N–H and O–H groups in total. The molecule has 0 aliphatic rings. The minimum Gasteiger partial charge on any atom is -0.482 e. The van der Waals surface area contributed by atoms with Crippen molar-refractivity contribution in [1.29, 1.82) is 0 Å². The van der Waals surface area contributed by atoms with Crippen LogP contribution in [0.25, 0.3) is 0 Å². The number of carbonyl (C=O) groups is 1. The number of halogens is 1. The molecular formula is C10H8FNO5. The summed E-state index contributed by atoms with van der Waals surface area (Å²) >= 11 is 0. The first-order chi connectivity index (χ1) is 8.00. The second-order valence-corrected chi connectivity index (χ2v) is 2.92. The molecule has 6 nitrogen and oxygen atoms in total. The van der Waals surface area contributed by atoms with E-state index in [1.54, 1.807) is 0 Å². The monoisotopic (exact) mass is 241 g/mol. The zero-order valence-electron chi connectivity index (χ0n) is 8.50. The summed E-state index contributed by atoms with van der Waals surface area (Å²) in [6.45, 7) is -0.198. The zero-order chi connectivity index (χ0) is 12.8. The summed E-state index contributed by atoms with van der Waals surface area (Å²) in [5, 5.41) is 18.9. The Morgan fingerprint density at radius 1 is 1.59 bits per heavy atom. The van der Waals surface area contributed by atoms with Crippen LogP contribution in [0.15, 0.2) is 30.4 Å². The highest BCUT2D eigenvalue weighted by molar-refractivity contribution is 5.79. The van der Waals surface area contributed by atoms with Crippen LogP contribution in [0, 0.1) is 15.9 Å². The van der Waals surface area contributed by atoms with E-state index in [1.807, 2.05) is 0 Å². The molecular weight excluding hydrogens is 233 g/mol. The van der Waals surface area contributed by atoms with Crippen molar-refractivity contribution in [1.82, 2.24) is 0 Å². The van der Waals surface area contributed by atoms with Gasteiger partial charge in [0.1, 0.15) is 12.4 Å². The summed E-state index contributed by atoms with van der Waals surface area (Å²) in [6, 6.07) is 2.79. The average molecular weight is 241 g/mol. The van der Waals surface area contributed by atoms with Crippen LogP contribution < -0.4 is 4.74 Å². The van der Waals surface area contributed by atoms with Gasteiger partial charge >= 0.3 is 11.7 Å². The van der Waals surface area contributed by atoms with E-state index in [2.05, 4.69) is 0 Å². The smallest absolute Gasteiger partial charge is 0.328 e. The van der Waals surface area contributed by atoms with Gasteiger partial charge in [0.2, 0.25) is 0 Å². The van der Waals surface area contributed by atoms with E-state index in [0.29, 0.717) is 0 Å². The Morgan fingerprint density at radius 3 is 2.88 bits per heavy atom. The summed E-state index contributed by atoms with van der Waals surface area (Å²) in [5.74, 6) is -2.08. The quantitative estimate of drug-likeness (QED) is 0.482. The van der Waals surface area contributed by atoms with Crippen molar-refractivity contribution in [2.45, 2.75) is 0 Å². The molecule has 0 heterocycles. The molecule has 1 aromatic rings. The third-order valence-corrected chi connectivity index (χ3v) is 1.71. The standard InChI is InChI=1S/C10H8FNO5/c11-7-3-4-8(12(15)16)9(6-7)17-5-1-2-10(13)14/h1-4,6H,5H2,(H,13,14)/b2-1+. The predicted molar refractivity (Wildman–Crippen MR) is 55.3 cm³/mol. The van der Waals surface area contributed by atoms with Crippen LogP contribution in [-0.4, -0.2) is 22.6 Å². The fourth-order valence-corrected chi connectivity index (χ4v) is 1.04. The van der Waals surface area contributed by atoms with Crippen LogP contribution in [0.5, 0.6) is 5.75 Å². The Balaban J connectivity index is 2.78. The van der Waals surface area contributed by atoms with Crippen LogP contribution in [-0.2, 0) is 4.79 Å². The van der Waals surface area contributed by atoms with Gasteiger partial charge in [-0.1, -0.05) is 0 Å². The van der Waals surface area contributed by atoms with Crippen LogP contribution in [0.2, 0.25) is 0 Å². The third kappa shape index (κ3) is 3.90. The Morgan fingerprint density at radius 2 is 2.29 bits per heavy atom. The van der Waals surface area contributed by atoms with Gasteiger partial charge in [-0.2, -0.15) is 0 Å². The fraction of sp³-hybridized carbons (Fsp3) is 0.100. The summed E-state index contributed by atoms with van der Waals surface area (Å²) in [6.07, 6.45) is 1.97. The number of nitrogens with zero attached hydrogens (tertiary/aromatic N) is 1. The Labute approximate surface area is 95.1 Å². The van der Waals surface area contributed by atoms with Crippen LogP contribution in [0.4, 0.5) is 10.1 Å². The van der Waals surface area contributed by atoms with E-state index < -0.39 is 16.7 Å². The van der Waals surface area contributed by atoms with Gasteiger partial charge in [0, 0.05) is 18.2 Å². The molecule has 0 saturated carbocycles. The number of nitro benzene ring substituents is 1. The fourth-order valence-electron chi connectivity index (χ4n) is 1.04. The first-order valence-corrected chi connectivity index (χ1v) is 4.47. The number of hydrogen-bond donors (Lipinski definition) is 1.